The van der Waals surface area contributed by atoms with Gasteiger partial charge in [0.1, 0.15) is 17.4 Å². The highest BCUT2D eigenvalue weighted by molar-refractivity contribution is 9.10. The predicted molar refractivity (Wildman–Crippen MR) is 112 cm³/mol. The molecule has 0 spiro atoms. The standard InChI is InChI=1S/C22H15BrN2O5/c1-2-30-22(29)13-3-6-17(7-4-13)25-12-15(9-14(11-24)21(25)28)20(27)18-10-16(23)5-8-19(18)26/h3-10,12,26H,2H2,1H3. The summed E-state index contributed by atoms with van der Waals surface area (Å²) in [6.45, 7) is 1.93. The highest BCUT2D eigenvalue weighted by atomic mass is 79.9. The number of ketones is 1. The molecule has 0 aliphatic carbocycles. The van der Waals surface area contributed by atoms with Gasteiger partial charge < -0.3 is 9.84 Å². The number of esters is 1. The molecule has 0 aliphatic heterocycles. The number of pyridine rings is 1. The molecule has 0 unspecified atom stereocenters. The van der Waals surface area contributed by atoms with Crippen LogP contribution in [0.4, 0.5) is 0 Å². The molecule has 0 saturated carbocycles. The monoisotopic (exact) mass is 466 g/mol. The van der Waals surface area contributed by atoms with Gasteiger partial charge in [-0.05, 0) is 55.5 Å². The SMILES string of the molecule is CCOC(=O)c1ccc(-n2cc(C(=O)c3cc(Br)ccc3O)cc(C#N)c2=O)cc1. The lowest BCUT2D eigenvalue weighted by molar-refractivity contribution is 0.0526. The van der Waals surface area contributed by atoms with E-state index in [1.54, 1.807) is 19.1 Å². The summed E-state index contributed by atoms with van der Waals surface area (Å²) in [7, 11) is 0. The Kier molecular flexibility index (Phi) is 6.14. The van der Waals surface area contributed by atoms with Crippen LogP contribution in [-0.4, -0.2) is 28.0 Å². The third-order valence-electron chi connectivity index (χ3n) is 4.26. The Hall–Kier alpha value is -3.70. The number of ether oxygens (including phenoxy) is 1. The molecule has 30 heavy (non-hydrogen) atoms. The molecule has 0 bridgehead atoms. The van der Waals surface area contributed by atoms with E-state index in [9.17, 15) is 24.8 Å². The topological polar surface area (TPSA) is 109 Å². The number of carbonyl (C=O) groups is 2. The molecule has 0 atom stereocenters. The van der Waals surface area contributed by atoms with E-state index < -0.39 is 17.3 Å². The summed E-state index contributed by atoms with van der Waals surface area (Å²) in [6.07, 6.45) is 1.30. The van der Waals surface area contributed by atoms with Gasteiger partial charge in [0, 0.05) is 21.9 Å². The number of phenols is 1. The number of hydrogen-bond donors (Lipinski definition) is 1. The maximum atomic E-state index is 12.9. The van der Waals surface area contributed by atoms with Crippen molar-refractivity contribution in [3.63, 3.8) is 0 Å². The van der Waals surface area contributed by atoms with E-state index in [1.807, 2.05) is 0 Å². The first-order valence-electron chi connectivity index (χ1n) is 8.83. The lowest BCUT2D eigenvalue weighted by atomic mass is 10.0. The Balaban J connectivity index is 2.10. The van der Waals surface area contributed by atoms with Crippen LogP contribution in [0.2, 0.25) is 0 Å². The van der Waals surface area contributed by atoms with Crippen LogP contribution in [0.5, 0.6) is 5.75 Å². The highest BCUT2D eigenvalue weighted by Crippen LogP contribution is 2.25. The average Bonchev–Trinajstić information content (AvgIpc) is 2.75. The second-order valence-electron chi connectivity index (χ2n) is 6.19. The van der Waals surface area contributed by atoms with Crippen molar-refractivity contribution in [1.82, 2.24) is 4.57 Å². The molecule has 0 saturated heterocycles. The molecule has 3 rings (SSSR count). The van der Waals surface area contributed by atoms with E-state index in [-0.39, 0.29) is 29.0 Å². The van der Waals surface area contributed by atoms with E-state index in [4.69, 9.17) is 4.74 Å². The minimum Gasteiger partial charge on any atom is -0.507 e. The summed E-state index contributed by atoms with van der Waals surface area (Å²) in [5.74, 6) is -1.27. The van der Waals surface area contributed by atoms with Crippen LogP contribution in [0.1, 0.15) is 38.8 Å². The average molecular weight is 467 g/mol. The van der Waals surface area contributed by atoms with Gasteiger partial charge in [0.2, 0.25) is 0 Å². The van der Waals surface area contributed by atoms with Crippen LogP contribution in [0.3, 0.4) is 0 Å². The van der Waals surface area contributed by atoms with Crippen molar-refractivity contribution in [2.75, 3.05) is 6.61 Å². The van der Waals surface area contributed by atoms with Crippen molar-refractivity contribution in [2.45, 2.75) is 6.92 Å². The second kappa shape index (κ2) is 8.76. The fourth-order valence-electron chi connectivity index (χ4n) is 2.80. The molecular weight excluding hydrogens is 452 g/mol. The zero-order valence-corrected chi connectivity index (χ0v) is 17.3. The Bertz CT molecular complexity index is 1240. The maximum absolute atomic E-state index is 12.9. The van der Waals surface area contributed by atoms with Gasteiger partial charge in [0.25, 0.3) is 5.56 Å². The summed E-state index contributed by atoms with van der Waals surface area (Å²) >= 11 is 3.25. The first-order chi connectivity index (χ1) is 14.3. The fraction of sp³-hybridized carbons (Fsp3) is 0.0909. The lowest BCUT2D eigenvalue weighted by Crippen LogP contribution is -2.22. The maximum Gasteiger partial charge on any atom is 0.338 e. The minimum atomic E-state index is -0.614. The van der Waals surface area contributed by atoms with Gasteiger partial charge in [-0.1, -0.05) is 15.9 Å². The Morgan fingerprint density at radius 3 is 2.47 bits per heavy atom. The summed E-state index contributed by atoms with van der Waals surface area (Å²) in [6, 6.07) is 13.4. The normalized spacial score (nSPS) is 10.3. The van der Waals surface area contributed by atoms with Crippen LogP contribution < -0.4 is 5.56 Å². The van der Waals surface area contributed by atoms with Crippen molar-refractivity contribution >= 4 is 27.7 Å². The van der Waals surface area contributed by atoms with Gasteiger partial charge >= 0.3 is 5.97 Å². The van der Waals surface area contributed by atoms with Crippen LogP contribution >= 0.6 is 15.9 Å². The molecule has 7 nitrogen and oxygen atoms in total. The number of rotatable bonds is 5. The number of nitrogens with zero attached hydrogens (tertiary/aromatic N) is 2. The molecule has 0 fully saturated rings. The molecule has 1 N–H and O–H groups in total. The van der Waals surface area contributed by atoms with Crippen LogP contribution in [0, 0.1) is 11.3 Å². The smallest absolute Gasteiger partial charge is 0.338 e. The third-order valence-corrected chi connectivity index (χ3v) is 4.75. The quantitative estimate of drug-likeness (QED) is 0.454. The van der Waals surface area contributed by atoms with Crippen LogP contribution in [-0.2, 0) is 4.74 Å². The molecule has 1 heterocycles. The predicted octanol–water partition coefficient (Wildman–Crippen LogP) is 3.58. The molecule has 2 aromatic carbocycles. The van der Waals surface area contributed by atoms with Gasteiger partial charge in [0.15, 0.2) is 5.78 Å². The fourth-order valence-corrected chi connectivity index (χ4v) is 3.16. The van der Waals surface area contributed by atoms with E-state index in [0.29, 0.717) is 15.7 Å². The first kappa shape index (κ1) is 21.0. The highest BCUT2D eigenvalue weighted by Gasteiger charge is 2.18. The zero-order valence-electron chi connectivity index (χ0n) is 15.8. The molecular formula is C22H15BrN2O5. The summed E-state index contributed by atoms with van der Waals surface area (Å²) in [5, 5.41) is 19.4. The first-order valence-corrected chi connectivity index (χ1v) is 9.62. The number of aromatic nitrogens is 1. The molecule has 150 valence electrons. The van der Waals surface area contributed by atoms with Crippen molar-refractivity contribution in [1.29, 1.82) is 5.26 Å². The van der Waals surface area contributed by atoms with E-state index in [2.05, 4.69) is 15.9 Å². The Labute approximate surface area is 179 Å². The van der Waals surface area contributed by atoms with Crippen LogP contribution in [0.15, 0.2) is 64.0 Å². The molecule has 0 amide bonds. The largest absolute Gasteiger partial charge is 0.507 e. The number of hydrogen-bond acceptors (Lipinski definition) is 6. The summed E-state index contributed by atoms with van der Waals surface area (Å²) in [5.41, 5.74) is -0.107. The number of carbonyl (C=O) groups excluding carboxylic acids is 2. The van der Waals surface area contributed by atoms with Gasteiger partial charge in [0.05, 0.1) is 17.7 Å². The van der Waals surface area contributed by atoms with Gasteiger partial charge in [-0.25, -0.2) is 4.79 Å². The van der Waals surface area contributed by atoms with Gasteiger partial charge in [-0.3, -0.25) is 14.2 Å². The number of halogens is 1. The molecule has 0 aliphatic rings. The third kappa shape index (κ3) is 4.16. The van der Waals surface area contributed by atoms with Crippen molar-refractivity contribution in [2.24, 2.45) is 0 Å². The Morgan fingerprint density at radius 2 is 1.83 bits per heavy atom. The molecule has 3 aromatic rings. The zero-order chi connectivity index (χ0) is 21.8. The van der Waals surface area contributed by atoms with E-state index in [1.165, 1.54) is 48.7 Å². The molecule has 0 radical (unpaired) electrons. The molecule has 8 heteroatoms. The number of nitriles is 1. The van der Waals surface area contributed by atoms with Gasteiger partial charge in [-0.15, -0.1) is 0 Å². The minimum absolute atomic E-state index is 0.0242. The van der Waals surface area contributed by atoms with E-state index >= 15 is 0 Å². The van der Waals surface area contributed by atoms with Crippen LogP contribution in [0.25, 0.3) is 5.69 Å². The summed E-state index contributed by atoms with van der Waals surface area (Å²) in [4.78, 5) is 37.4. The lowest BCUT2D eigenvalue weighted by Gasteiger charge is -2.11. The number of aromatic hydroxyl groups is 1. The van der Waals surface area contributed by atoms with Crippen molar-refractivity contribution in [3.05, 3.63) is 91.8 Å². The van der Waals surface area contributed by atoms with Crippen molar-refractivity contribution < 1.29 is 19.4 Å². The molecule has 1 aromatic heterocycles. The van der Waals surface area contributed by atoms with Crippen molar-refractivity contribution in [3.8, 4) is 17.5 Å². The van der Waals surface area contributed by atoms with Gasteiger partial charge in [-0.2, -0.15) is 5.26 Å². The second-order valence-corrected chi connectivity index (χ2v) is 7.10. The number of benzene rings is 2. The Morgan fingerprint density at radius 1 is 1.13 bits per heavy atom. The number of phenolic OH excluding ortho intramolecular Hbond substituents is 1. The van der Waals surface area contributed by atoms with E-state index in [0.717, 1.165) is 4.57 Å². The summed E-state index contributed by atoms with van der Waals surface area (Å²) < 4.78 is 6.67.